The Hall–Kier alpha value is -2.29. The molecule has 0 N–H and O–H groups in total. The molecule has 1 unspecified atom stereocenters. The summed E-state index contributed by atoms with van der Waals surface area (Å²) in [7, 11) is 0. The van der Waals surface area contributed by atoms with Crippen LogP contribution in [-0.4, -0.2) is 21.8 Å². The summed E-state index contributed by atoms with van der Waals surface area (Å²) in [5.74, 6) is 1.83. The topological polar surface area (TPSA) is 96.9 Å². The molecule has 3 fully saturated rings. The van der Waals surface area contributed by atoms with Gasteiger partial charge in [0.05, 0.1) is 5.57 Å². The lowest BCUT2D eigenvalue weighted by molar-refractivity contribution is -0.191. The van der Waals surface area contributed by atoms with E-state index >= 15 is 0 Å². The molecule has 7 atom stereocenters. The minimum Gasteiger partial charge on any atom is -0.425 e. The maximum atomic E-state index is 14.3. The summed E-state index contributed by atoms with van der Waals surface area (Å²) < 4.78 is 6.07. The summed E-state index contributed by atoms with van der Waals surface area (Å²) in [6.45, 7) is 19.9. The summed E-state index contributed by atoms with van der Waals surface area (Å²) in [5, 5.41) is 18.7. The van der Waals surface area contributed by atoms with Crippen molar-refractivity contribution in [2.24, 2.45) is 44.8 Å². The number of hydrogen-bond donors (Lipinski definition) is 0. The van der Waals surface area contributed by atoms with Crippen LogP contribution >= 0.6 is 0 Å². The Bertz CT molecular complexity index is 1300. The summed E-state index contributed by atoms with van der Waals surface area (Å²) in [6.07, 6.45) is 10.2. The number of allylic oxidation sites excluding steroid dienone is 2. The second-order valence-corrected chi connectivity index (χ2v) is 16.2. The number of fused-ring (bicyclic) bond motifs is 5. The predicted molar refractivity (Wildman–Crippen MR) is 154 cm³/mol. The largest absolute Gasteiger partial charge is 0.425 e. The number of nitrogens with zero attached hydrogens (tertiary/aromatic N) is 3. The zero-order chi connectivity index (χ0) is 29.5. The molecule has 218 valence electrons. The summed E-state index contributed by atoms with van der Waals surface area (Å²) in [4.78, 5) is 27.7. The van der Waals surface area contributed by atoms with Gasteiger partial charge < -0.3 is 4.42 Å². The average Bonchev–Trinajstić information content (AvgIpc) is 3.32. The van der Waals surface area contributed by atoms with Gasteiger partial charge in [-0.3, -0.25) is 9.59 Å². The monoisotopic (exact) mass is 547 g/mol. The van der Waals surface area contributed by atoms with Crippen LogP contribution < -0.4 is 0 Å². The van der Waals surface area contributed by atoms with Crippen LogP contribution in [0.2, 0.25) is 0 Å². The highest BCUT2D eigenvalue weighted by Gasteiger charge is 2.68. The lowest BCUT2D eigenvalue weighted by Gasteiger charge is -2.68. The van der Waals surface area contributed by atoms with Crippen LogP contribution in [0.3, 0.4) is 0 Å². The van der Waals surface area contributed by atoms with Crippen molar-refractivity contribution >= 4 is 11.6 Å². The van der Waals surface area contributed by atoms with Gasteiger partial charge in [0, 0.05) is 30.1 Å². The third kappa shape index (κ3) is 4.08. The second kappa shape index (κ2) is 9.10. The van der Waals surface area contributed by atoms with Crippen LogP contribution in [0.15, 0.2) is 16.1 Å². The quantitative estimate of drug-likeness (QED) is 0.357. The van der Waals surface area contributed by atoms with Gasteiger partial charge in [-0.25, -0.2) is 0 Å². The zero-order valence-electron chi connectivity index (χ0n) is 26.2. The molecule has 6 nitrogen and oxygen atoms in total. The van der Waals surface area contributed by atoms with Crippen molar-refractivity contribution < 1.29 is 14.0 Å². The fourth-order valence-corrected chi connectivity index (χ4v) is 10.0. The number of ketones is 2. The molecule has 1 aromatic rings. The smallest absolute Gasteiger partial charge is 0.222 e. The minimum atomic E-state index is -0.620. The highest BCUT2D eigenvalue weighted by molar-refractivity contribution is 6.04. The van der Waals surface area contributed by atoms with Gasteiger partial charge in [-0.1, -0.05) is 61.5 Å². The zero-order valence-corrected chi connectivity index (χ0v) is 26.2. The lowest BCUT2D eigenvalue weighted by Crippen LogP contribution is -2.65. The maximum absolute atomic E-state index is 14.3. The molecule has 0 spiro atoms. The van der Waals surface area contributed by atoms with Crippen LogP contribution in [0.1, 0.15) is 125 Å². The van der Waals surface area contributed by atoms with E-state index in [1.165, 1.54) is 0 Å². The molecule has 3 saturated carbocycles. The number of rotatable bonds is 1. The Morgan fingerprint density at radius 1 is 0.850 bits per heavy atom. The van der Waals surface area contributed by atoms with E-state index in [2.05, 4.69) is 57.8 Å². The Morgan fingerprint density at radius 2 is 1.52 bits per heavy atom. The molecule has 0 amide bonds. The number of aryl methyl sites for hydroxylation is 1. The molecule has 5 rings (SSSR count). The van der Waals surface area contributed by atoms with Crippen LogP contribution in [0.5, 0.6) is 0 Å². The summed E-state index contributed by atoms with van der Waals surface area (Å²) in [6, 6.07) is 2.23. The average molecular weight is 548 g/mol. The number of Topliss-reactive ketones (excluding diaryl/α,β-unsaturated/α-hetero) is 2. The second-order valence-electron chi connectivity index (χ2n) is 16.2. The van der Waals surface area contributed by atoms with Crippen LogP contribution in [0.25, 0.3) is 0 Å². The minimum absolute atomic E-state index is 0.00223. The first-order chi connectivity index (χ1) is 18.4. The summed E-state index contributed by atoms with van der Waals surface area (Å²) in [5.41, 5.74) is -1.22. The van der Waals surface area contributed by atoms with E-state index in [0.717, 1.165) is 57.3 Å². The molecule has 1 heterocycles. The van der Waals surface area contributed by atoms with Crippen molar-refractivity contribution in [1.29, 1.82) is 5.26 Å². The molecule has 4 aliphatic carbocycles. The molecule has 0 saturated heterocycles. The molecular weight excluding hydrogens is 498 g/mol. The first-order valence-electron chi connectivity index (χ1n) is 15.4. The van der Waals surface area contributed by atoms with Gasteiger partial charge in [0.2, 0.25) is 11.8 Å². The van der Waals surface area contributed by atoms with Crippen molar-refractivity contribution in [3.05, 3.63) is 23.4 Å². The van der Waals surface area contributed by atoms with Gasteiger partial charge in [0.1, 0.15) is 11.9 Å². The highest BCUT2D eigenvalue weighted by atomic mass is 16.4. The Labute approximate surface area is 240 Å². The van der Waals surface area contributed by atoms with Crippen molar-refractivity contribution in [2.45, 2.75) is 126 Å². The first-order valence-corrected chi connectivity index (χ1v) is 15.4. The van der Waals surface area contributed by atoms with Gasteiger partial charge in [-0.15, -0.1) is 10.2 Å². The van der Waals surface area contributed by atoms with Gasteiger partial charge >= 0.3 is 0 Å². The molecule has 0 aliphatic heterocycles. The van der Waals surface area contributed by atoms with Crippen molar-refractivity contribution in [3.8, 4) is 6.07 Å². The molecular formula is C34H49N3O3. The van der Waals surface area contributed by atoms with Crippen LogP contribution in [0, 0.1) is 63.1 Å². The predicted octanol–water partition coefficient (Wildman–Crippen LogP) is 7.71. The third-order valence-corrected chi connectivity index (χ3v) is 13.1. The molecule has 6 heteroatoms. The van der Waals surface area contributed by atoms with E-state index < -0.39 is 5.41 Å². The van der Waals surface area contributed by atoms with E-state index in [1.807, 2.05) is 26.8 Å². The summed E-state index contributed by atoms with van der Waals surface area (Å²) >= 11 is 0. The standard InChI is InChI=1S/C34H49N3O3/c1-21-36-37-28(40-21)31(6)15-14-29(2,3)12-10-23-24(38)18-26-32(7)19-22(20-35)27(39)30(4,5)25(32)11-13-34(26,9)33(23,8)17-16-31/h19,23,25-26H,10-18H2,1-9H3/t23?,25-,26+,31-,32-,33+,34+/m0/s1. The molecule has 0 bridgehead atoms. The van der Waals surface area contributed by atoms with Crippen LogP contribution in [-0.2, 0) is 15.0 Å². The fraction of sp³-hybridized carbons (Fsp3) is 0.794. The SMILES string of the molecule is Cc1nnc([C@@]2(C)CCC(C)(C)CCC3C(=O)C[C@@H]4[C@@]5(C)C=C(C#N)C(=O)C(C)(C)[C@@H]5CC[C@@]4(C)[C@]3(C)CC2)o1. The lowest BCUT2D eigenvalue weighted by atomic mass is 9.35. The fourth-order valence-electron chi connectivity index (χ4n) is 10.0. The molecule has 1 aromatic heterocycles. The van der Waals surface area contributed by atoms with Gasteiger partial charge in [-0.2, -0.15) is 5.26 Å². The first kappa shape index (κ1) is 29.2. The van der Waals surface area contributed by atoms with Crippen molar-refractivity contribution in [3.63, 3.8) is 0 Å². The Kier molecular flexibility index (Phi) is 6.65. The molecule has 0 radical (unpaired) electrons. The normalized spacial score (nSPS) is 43.0. The van der Waals surface area contributed by atoms with E-state index in [9.17, 15) is 14.9 Å². The van der Waals surface area contributed by atoms with E-state index in [0.29, 0.717) is 18.1 Å². The number of carbonyl (C=O) groups is 2. The van der Waals surface area contributed by atoms with Crippen molar-refractivity contribution in [2.75, 3.05) is 0 Å². The van der Waals surface area contributed by atoms with E-state index in [-0.39, 0.29) is 56.2 Å². The highest BCUT2D eigenvalue weighted by Crippen LogP contribution is 2.72. The van der Waals surface area contributed by atoms with Gasteiger partial charge in [0.25, 0.3) is 0 Å². The Morgan fingerprint density at radius 3 is 2.15 bits per heavy atom. The van der Waals surface area contributed by atoms with Gasteiger partial charge in [0.15, 0.2) is 5.78 Å². The molecule has 40 heavy (non-hydrogen) atoms. The Balaban J connectivity index is 1.63. The maximum Gasteiger partial charge on any atom is 0.222 e. The van der Waals surface area contributed by atoms with Crippen LogP contribution in [0.4, 0.5) is 0 Å². The number of hydrogen-bond acceptors (Lipinski definition) is 6. The number of nitriles is 1. The number of carbonyl (C=O) groups excluding carboxylic acids is 2. The third-order valence-electron chi connectivity index (χ3n) is 13.1. The number of aromatic nitrogens is 2. The van der Waals surface area contributed by atoms with Gasteiger partial charge in [-0.05, 0) is 84.9 Å². The molecule has 4 aliphatic rings. The van der Waals surface area contributed by atoms with E-state index in [4.69, 9.17) is 4.42 Å². The van der Waals surface area contributed by atoms with Crippen molar-refractivity contribution in [1.82, 2.24) is 10.2 Å². The molecule has 0 aromatic carbocycles. The van der Waals surface area contributed by atoms with E-state index in [1.54, 1.807) is 0 Å².